The molecule has 2 N–H and O–H groups in total. The highest BCUT2D eigenvalue weighted by Crippen LogP contribution is 2.19. The molecule has 0 aromatic rings. The van der Waals surface area contributed by atoms with Crippen molar-refractivity contribution >= 4 is 5.84 Å². The van der Waals surface area contributed by atoms with Crippen molar-refractivity contribution in [3.63, 3.8) is 0 Å². The van der Waals surface area contributed by atoms with Gasteiger partial charge in [-0.25, -0.2) is 5.84 Å². The lowest BCUT2D eigenvalue weighted by atomic mass is 10.3. The van der Waals surface area contributed by atoms with E-state index in [2.05, 4.69) is 4.99 Å². The summed E-state index contributed by atoms with van der Waals surface area (Å²) in [6.07, 6.45) is -4.48. The fraction of sp³-hybridized carbons (Fsp3) is 0.833. The van der Waals surface area contributed by atoms with Crippen LogP contribution in [0.1, 0.15) is 13.8 Å². The van der Waals surface area contributed by atoms with Crippen LogP contribution >= 0.6 is 0 Å². The number of hydrogen-bond acceptors (Lipinski definition) is 2. The van der Waals surface area contributed by atoms with Crippen LogP contribution in [0.3, 0.4) is 0 Å². The van der Waals surface area contributed by atoms with Crippen molar-refractivity contribution in [2.45, 2.75) is 26.1 Å². The molecular formula is C6H12F3N3. The van der Waals surface area contributed by atoms with E-state index in [-0.39, 0.29) is 0 Å². The minimum Gasteiger partial charge on any atom is -0.289 e. The zero-order chi connectivity index (χ0) is 9.94. The number of hydrazine groups is 1. The fourth-order valence-corrected chi connectivity index (χ4v) is 0.633. The smallest absolute Gasteiger partial charge is 0.289 e. The van der Waals surface area contributed by atoms with Crippen molar-refractivity contribution in [3.8, 4) is 0 Å². The number of hydrogen-bond donors (Lipinski definition) is 1. The summed E-state index contributed by atoms with van der Waals surface area (Å²) in [6.45, 7) is 3.11. The molecule has 3 nitrogen and oxygen atoms in total. The van der Waals surface area contributed by atoms with Gasteiger partial charge in [0.15, 0.2) is 0 Å². The predicted molar refractivity (Wildman–Crippen MR) is 40.6 cm³/mol. The number of halogens is 3. The van der Waals surface area contributed by atoms with Crippen LogP contribution in [0.2, 0.25) is 0 Å². The van der Waals surface area contributed by atoms with Crippen LogP contribution in [0.25, 0.3) is 0 Å². The molecule has 0 atom stereocenters. The minimum atomic E-state index is -4.48. The SMILES string of the molecule is CN=C(N(N)C(C)C)C(F)(F)F. The fourth-order valence-electron chi connectivity index (χ4n) is 0.633. The third kappa shape index (κ3) is 2.69. The van der Waals surface area contributed by atoms with Gasteiger partial charge in [-0.2, -0.15) is 13.2 Å². The molecule has 0 rings (SSSR count). The molecule has 0 aromatic heterocycles. The van der Waals surface area contributed by atoms with E-state index in [0.717, 1.165) is 7.05 Å². The van der Waals surface area contributed by atoms with Crippen LogP contribution in [-0.4, -0.2) is 30.1 Å². The highest BCUT2D eigenvalue weighted by molar-refractivity contribution is 5.87. The molecule has 0 radical (unpaired) electrons. The number of nitrogens with two attached hydrogens (primary N) is 1. The van der Waals surface area contributed by atoms with Crippen molar-refractivity contribution in [2.75, 3.05) is 7.05 Å². The highest BCUT2D eigenvalue weighted by Gasteiger charge is 2.39. The average molecular weight is 183 g/mol. The maximum absolute atomic E-state index is 12.1. The van der Waals surface area contributed by atoms with E-state index >= 15 is 0 Å². The van der Waals surface area contributed by atoms with Gasteiger partial charge in [-0.05, 0) is 13.8 Å². The zero-order valence-electron chi connectivity index (χ0n) is 7.18. The maximum atomic E-state index is 12.1. The molecule has 6 heteroatoms. The summed E-state index contributed by atoms with van der Waals surface area (Å²) in [6, 6.07) is -0.426. The first-order valence-corrected chi connectivity index (χ1v) is 3.38. The van der Waals surface area contributed by atoms with E-state index in [1.807, 2.05) is 0 Å². The van der Waals surface area contributed by atoms with Gasteiger partial charge in [0.25, 0.3) is 0 Å². The summed E-state index contributed by atoms with van der Waals surface area (Å²) in [4.78, 5) is 3.07. The van der Waals surface area contributed by atoms with Gasteiger partial charge >= 0.3 is 6.18 Å². The summed E-state index contributed by atoms with van der Waals surface area (Å²) in [5, 5.41) is 0.597. The Balaban J connectivity index is 4.60. The first kappa shape index (κ1) is 11.2. The quantitative estimate of drug-likeness (QED) is 0.287. The van der Waals surface area contributed by atoms with Gasteiger partial charge in [-0.1, -0.05) is 0 Å². The normalized spacial score (nSPS) is 13.8. The average Bonchev–Trinajstić information content (AvgIpc) is 1.85. The lowest BCUT2D eigenvalue weighted by Crippen LogP contribution is -2.49. The Kier molecular flexibility index (Phi) is 3.51. The van der Waals surface area contributed by atoms with Crippen LogP contribution in [0.4, 0.5) is 13.2 Å². The van der Waals surface area contributed by atoms with E-state index < -0.39 is 18.1 Å². The number of rotatable bonds is 1. The molecule has 0 amide bonds. The third-order valence-corrected chi connectivity index (χ3v) is 1.27. The van der Waals surface area contributed by atoms with Crippen LogP contribution in [0.5, 0.6) is 0 Å². The van der Waals surface area contributed by atoms with Gasteiger partial charge in [-0.15, -0.1) is 0 Å². The predicted octanol–water partition coefficient (Wildman–Crippen LogP) is 1.16. The van der Waals surface area contributed by atoms with E-state index in [9.17, 15) is 13.2 Å². The van der Waals surface area contributed by atoms with Gasteiger partial charge in [0.1, 0.15) is 0 Å². The van der Waals surface area contributed by atoms with Crippen molar-refractivity contribution in [1.82, 2.24) is 5.01 Å². The molecule has 0 aliphatic heterocycles. The molecule has 0 aliphatic rings. The Bertz CT molecular complexity index is 173. The molecule has 0 aromatic carbocycles. The molecular weight excluding hydrogens is 171 g/mol. The molecule has 0 unspecified atom stereocenters. The van der Waals surface area contributed by atoms with E-state index in [0.29, 0.717) is 5.01 Å². The van der Waals surface area contributed by atoms with E-state index in [4.69, 9.17) is 5.84 Å². The van der Waals surface area contributed by atoms with Crippen molar-refractivity contribution < 1.29 is 13.2 Å². The Morgan fingerprint density at radius 2 is 1.83 bits per heavy atom. The molecule has 12 heavy (non-hydrogen) atoms. The van der Waals surface area contributed by atoms with E-state index in [1.165, 1.54) is 0 Å². The maximum Gasteiger partial charge on any atom is 0.450 e. The lowest BCUT2D eigenvalue weighted by molar-refractivity contribution is -0.0705. The summed E-state index contributed by atoms with van der Waals surface area (Å²) < 4.78 is 36.2. The van der Waals surface area contributed by atoms with Crippen LogP contribution in [0, 0.1) is 0 Å². The number of amidine groups is 1. The van der Waals surface area contributed by atoms with Crippen LogP contribution in [-0.2, 0) is 0 Å². The summed E-state index contributed by atoms with van der Waals surface area (Å²) in [5.74, 6) is 4.08. The largest absolute Gasteiger partial charge is 0.450 e. The van der Waals surface area contributed by atoms with Crippen molar-refractivity contribution in [3.05, 3.63) is 0 Å². The zero-order valence-corrected chi connectivity index (χ0v) is 7.18. The van der Waals surface area contributed by atoms with Gasteiger partial charge in [-0.3, -0.25) is 10.0 Å². The molecule has 0 fully saturated rings. The van der Waals surface area contributed by atoms with Crippen molar-refractivity contribution in [2.24, 2.45) is 10.8 Å². The Labute approximate surface area is 69.0 Å². The Hall–Kier alpha value is -0.780. The lowest BCUT2D eigenvalue weighted by Gasteiger charge is -2.25. The monoisotopic (exact) mass is 183 g/mol. The third-order valence-electron chi connectivity index (χ3n) is 1.27. The molecule has 0 aliphatic carbocycles. The second-order valence-electron chi connectivity index (χ2n) is 2.55. The van der Waals surface area contributed by atoms with Crippen LogP contribution < -0.4 is 5.84 Å². The summed E-state index contributed by atoms with van der Waals surface area (Å²) in [5.41, 5.74) is 0. The first-order chi connectivity index (χ1) is 5.30. The second-order valence-corrected chi connectivity index (χ2v) is 2.55. The first-order valence-electron chi connectivity index (χ1n) is 3.38. The summed E-state index contributed by atoms with van der Waals surface area (Å²) >= 11 is 0. The standard InChI is InChI=1S/C6H12F3N3/c1-4(2)12(10)5(11-3)6(7,8)9/h4H,10H2,1-3H3. The Morgan fingerprint density at radius 1 is 1.42 bits per heavy atom. The highest BCUT2D eigenvalue weighted by atomic mass is 19.4. The number of aliphatic imine (C=N–C) groups is 1. The van der Waals surface area contributed by atoms with Crippen LogP contribution in [0.15, 0.2) is 4.99 Å². The Morgan fingerprint density at radius 3 is 1.92 bits per heavy atom. The number of nitrogens with zero attached hydrogens (tertiary/aromatic N) is 2. The van der Waals surface area contributed by atoms with E-state index in [1.54, 1.807) is 13.8 Å². The molecule has 0 spiro atoms. The second kappa shape index (κ2) is 3.75. The summed E-state index contributed by atoms with van der Waals surface area (Å²) in [7, 11) is 1.06. The van der Waals surface area contributed by atoms with Crippen molar-refractivity contribution in [1.29, 1.82) is 0 Å². The topological polar surface area (TPSA) is 41.6 Å². The van der Waals surface area contributed by atoms with Gasteiger partial charge in [0, 0.05) is 13.1 Å². The molecule has 72 valence electrons. The van der Waals surface area contributed by atoms with Gasteiger partial charge in [0.05, 0.1) is 0 Å². The molecule has 0 bridgehead atoms. The number of alkyl halides is 3. The molecule has 0 heterocycles. The van der Waals surface area contributed by atoms with Gasteiger partial charge < -0.3 is 0 Å². The minimum absolute atomic E-state index is 0.426. The molecule has 0 saturated carbocycles. The molecule has 0 saturated heterocycles. The van der Waals surface area contributed by atoms with Gasteiger partial charge in [0.2, 0.25) is 5.84 Å².